The molecule has 2 aromatic heterocycles. The summed E-state index contributed by atoms with van der Waals surface area (Å²) < 4.78 is 10.8. The number of carbonyl (C=O) groups is 2. The standard InChI is InChI=1S/C21H25NO4S/c1-4-11-25-21(24)19-16-9-5-13(2)12-17(16)27-20(19)22-18(23)10-8-15-7-6-14(3)26-15/h6-8,10,13H,4-5,9,11-12H2,1-3H3,(H,22,23)/b10-8+. The summed E-state index contributed by atoms with van der Waals surface area (Å²) in [5.74, 6) is 1.35. The van der Waals surface area contributed by atoms with Crippen molar-refractivity contribution in [2.75, 3.05) is 11.9 Å². The van der Waals surface area contributed by atoms with Crippen molar-refractivity contribution in [2.24, 2.45) is 5.92 Å². The molecule has 0 spiro atoms. The number of fused-ring (bicyclic) bond motifs is 1. The number of carbonyl (C=O) groups excluding carboxylic acids is 2. The van der Waals surface area contributed by atoms with E-state index in [1.807, 2.05) is 19.9 Å². The van der Waals surface area contributed by atoms with Crippen LogP contribution in [0.2, 0.25) is 0 Å². The molecular formula is C21H25NO4S. The Bertz CT molecular complexity index is 862. The fourth-order valence-electron chi connectivity index (χ4n) is 3.18. The molecule has 1 unspecified atom stereocenters. The van der Waals surface area contributed by atoms with E-state index in [9.17, 15) is 9.59 Å². The van der Waals surface area contributed by atoms with Gasteiger partial charge in [-0.05, 0) is 62.3 Å². The van der Waals surface area contributed by atoms with Gasteiger partial charge in [0.25, 0.3) is 0 Å². The first kappa shape index (κ1) is 19.4. The van der Waals surface area contributed by atoms with Gasteiger partial charge >= 0.3 is 5.97 Å². The maximum absolute atomic E-state index is 12.6. The molecule has 27 heavy (non-hydrogen) atoms. The lowest BCUT2D eigenvalue weighted by molar-refractivity contribution is -0.111. The number of anilines is 1. The van der Waals surface area contributed by atoms with Crippen molar-refractivity contribution in [2.45, 2.75) is 46.5 Å². The van der Waals surface area contributed by atoms with E-state index in [0.29, 0.717) is 28.8 Å². The molecule has 1 amide bonds. The Morgan fingerprint density at radius 2 is 2.22 bits per heavy atom. The molecule has 1 aliphatic carbocycles. The van der Waals surface area contributed by atoms with Crippen molar-refractivity contribution in [3.8, 4) is 0 Å². The molecule has 0 saturated heterocycles. The van der Waals surface area contributed by atoms with E-state index in [0.717, 1.165) is 37.0 Å². The van der Waals surface area contributed by atoms with Crippen molar-refractivity contribution in [3.63, 3.8) is 0 Å². The molecule has 0 radical (unpaired) electrons. The van der Waals surface area contributed by atoms with Crippen LogP contribution < -0.4 is 5.32 Å². The van der Waals surface area contributed by atoms with Crippen molar-refractivity contribution >= 4 is 34.3 Å². The van der Waals surface area contributed by atoms with Gasteiger partial charge in [0.05, 0.1) is 12.2 Å². The molecule has 1 aliphatic rings. The zero-order valence-electron chi connectivity index (χ0n) is 16.0. The zero-order chi connectivity index (χ0) is 19.4. The van der Waals surface area contributed by atoms with Gasteiger partial charge in [-0.3, -0.25) is 4.79 Å². The molecule has 0 saturated carbocycles. The van der Waals surface area contributed by atoms with Gasteiger partial charge in [0.15, 0.2) is 0 Å². The third kappa shape index (κ3) is 4.69. The summed E-state index contributed by atoms with van der Waals surface area (Å²) in [4.78, 5) is 26.2. The second-order valence-electron chi connectivity index (χ2n) is 6.96. The molecule has 144 valence electrons. The van der Waals surface area contributed by atoms with Gasteiger partial charge < -0.3 is 14.5 Å². The second-order valence-corrected chi connectivity index (χ2v) is 8.07. The maximum atomic E-state index is 12.6. The van der Waals surface area contributed by atoms with Crippen molar-refractivity contribution in [1.29, 1.82) is 0 Å². The summed E-state index contributed by atoms with van der Waals surface area (Å²) in [6, 6.07) is 3.64. The summed E-state index contributed by atoms with van der Waals surface area (Å²) in [7, 11) is 0. The maximum Gasteiger partial charge on any atom is 0.341 e. The highest BCUT2D eigenvalue weighted by Crippen LogP contribution is 2.40. The highest BCUT2D eigenvalue weighted by Gasteiger charge is 2.28. The Morgan fingerprint density at radius 1 is 1.41 bits per heavy atom. The lowest BCUT2D eigenvalue weighted by Gasteiger charge is -2.18. The van der Waals surface area contributed by atoms with Crippen LogP contribution in [0.15, 0.2) is 22.6 Å². The van der Waals surface area contributed by atoms with Gasteiger partial charge in [-0.1, -0.05) is 13.8 Å². The first-order chi connectivity index (χ1) is 13.0. The van der Waals surface area contributed by atoms with Gasteiger partial charge in [-0.25, -0.2) is 4.79 Å². The van der Waals surface area contributed by atoms with Crippen LogP contribution in [0.3, 0.4) is 0 Å². The molecule has 2 aromatic rings. The van der Waals surface area contributed by atoms with E-state index in [1.165, 1.54) is 22.3 Å². The van der Waals surface area contributed by atoms with Gasteiger partial charge in [-0.2, -0.15) is 0 Å². The van der Waals surface area contributed by atoms with Crippen LogP contribution in [-0.2, 0) is 22.4 Å². The predicted octanol–water partition coefficient (Wildman–Crippen LogP) is 4.99. The number of hydrogen-bond donors (Lipinski definition) is 1. The largest absolute Gasteiger partial charge is 0.462 e. The molecule has 0 bridgehead atoms. The molecule has 3 rings (SSSR count). The molecule has 2 heterocycles. The molecule has 1 atom stereocenters. The lowest BCUT2D eigenvalue weighted by atomic mass is 9.88. The molecule has 0 aliphatic heterocycles. The summed E-state index contributed by atoms with van der Waals surface area (Å²) in [5.41, 5.74) is 1.58. The summed E-state index contributed by atoms with van der Waals surface area (Å²) >= 11 is 1.49. The smallest absolute Gasteiger partial charge is 0.341 e. The number of esters is 1. The normalized spacial score (nSPS) is 16.3. The van der Waals surface area contributed by atoms with Crippen LogP contribution in [0.1, 0.15) is 59.0 Å². The van der Waals surface area contributed by atoms with E-state index < -0.39 is 0 Å². The van der Waals surface area contributed by atoms with Gasteiger partial charge in [0, 0.05) is 11.0 Å². The van der Waals surface area contributed by atoms with E-state index in [-0.39, 0.29) is 11.9 Å². The Labute approximate surface area is 163 Å². The van der Waals surface area contributed by atoms with E-state index in [1.54, 1.807) is 12.1 Å². The second kappa shape index (κ2) is 8.57. The Hall–Kier alpha value is -2.34. The third-order valence-electron chi connectivity index (χ3n) is 4.55. The number of hydrogen-bond acceptors (Lipinski definition) is 5. The Balaban J connectivity index is 1.81. The summed E-state index contributed by atoms with van der Waals surface area (Å²) in [6.45, 7) is 6.40. The van der Waals surface area contributed by atoms with Gasteiger partial charge in [-0.15, -0.1) is 11.3 Å². The zero-order valence-corrected chi connectivity index (χ0v) is 16.8. The third-order valence-corrected chi connectivity index (χ3v) is 5.72. The first-order valence-corrected chi connectivity index (χ1v) is 10.2. The van der Waals surface area contributed by atoms with Crippen LogP contribution in [0.5, 0.6) is 0 Å². The average Bonchev–Trinajstić information content (AvgIpc) is 3.20. The first-order valence-electron chi connectivity index (χ1n) is 9.35. The fraction of sp³-hybridized carbons (Fsp3) is 0.429. The van der Waals surface area contributed by atoms with Gasteiger partial charge in [0.1, 0.15) is 16.5 Å². The van der Waals surface area contributed by atoms with Crippen molar-refractivity contribution in [1.82, 2.24) is 0 Å². The van der Waals surface area contributed by atoms with Crippen LogP contribution >= 0.6 is 11.3 Å². The number of furan rings is 1. The van der Waals surface area contributed by atoms with Crippen LogP contribution in [-0.4, -0.2) is 18.5 Å². The molecular weight excluding hydrogens is 362 g/mol. The number of nitrogens with one attached hydrogen (secondary N) is 1. The number of thiophene rings is 1. The minimum atomic E-state index is -0.343. The lowest BCUT2D eigenvalue weighted by Crippen LogP contribution is -2.16. The van der Waals surface area contributed by atoms with Crippen molar-refractivity contribution in [3.05, 3.63) is 45.7 Å². The van der Waals surface area contributed by atoms with E-state index in [4.69, 9.17) is 9.15 Å². The molecule has 1 N–H and O–H groups in total. The van der Waals surface area contributed by atoms with E-state index in [2.05, 4.69) is 12.2 Å². The monoisotopic (exact) mass is 387 g/mol. The van der Waals surface area contributed by atoms with Crippen LogP contribution in [0.4, 0.5) is 5.00 Å². The number of rotatable bonds is 6. The average molecular weight is 388 g/mol. The summed E-state index contributed by atoms with van der Waals surface area (Å²) in [6.07, 6.45) is 6.63. The molecule has 5 nitrogen and oxygen atoms in total. The SMILES string of the molecule is CCCOC(=O)c1c(NC(=O)/C=C/c2ccc(C)o2)sc2c1CCC(C)C2. The van der Waals surface area contributed by atoms with Gasteiger partial charge in [0.2, 0.25) is 5.91 Å². The molecule has 6 heteroatoms. The highest BCUT2D eigenvalue weighted by atomic mass is 32.1. The van der Waals surface area contributed by atoms with Crippen LogP contribution in [0, 0.1) is 12.8 Å². The number of aryl methyl sites for hydroxylation is 1. The quantitative estimate of drug-likeness (QED) is 0.560. The van der Waals surface area contributed by atoms with Crippen LogP contribution in [0.25, 0.3) is 6.08 Å². The summed E-state index contributed by atoms with van der Waals surface area (Å²) in [5, 5.41) is 3.45. The minimum Gasteiger partial charge on any atom is -0.462 e. The molecule has 0 aromatic carbocycles. The molecule has 0 fully saturated rings. The minimum absolute atomic E-state index is 0.291. The van der Waals surface area contributed by atoms with E-state index >= 15 is 0 Å². The number of amides is 1. The topological polar surface area (TPSA) is 68.5 Å². The predicted molar refractivity (Wildman–Crippen MR) is 107 cm³/mol. The van der Waals surface area contributed by atoms with Crippen molar-refractivity contribution < 1.29 is 18.7 Å². The Morgan fingerprint density at radius 3 is 2.93 bits per heavy atom. The Kier molecular flexibility index (Phi) is 6.16. The number of ether oxygens (including phenoxy) is 1. The highest BCUT2D eigenvalue weighted by molar-refractivity contribution is 7.17. The fourth-order valence-corrected chi connectivity index (χ4v) is 4.58.